The molecule has 25 heavy (non-hydrogen) atoms. The molecule has 0 aromatic heterocycles. The Morgan fingerprint density at radius 3 is 2.76 bits per heavy atom. The predicted octanol–water partition coefficient (Wildman–Crippen LogP) is 3.44. The molecule has 0 aromatic carbocycles. The van der Waals surface area contributed by atoms with Gasteiger partial charge in [-0.05, 0) is 66.9 Å². The fourth-order valence-electron chi connectivity index (χ4n) is 7.15. The smallest absolute Gasteiger partial charge is 0.302 e. The van der Waals surface area contributed by atoms with Gasteiger partial charge < -0.3 is 9.47 Å². The van der Waals surface area contributed by atoms with Gasteiger partial charge in [-0.15, -0.1) is 0 Å². The van der Waals surface area contributed by atoms with E-state index in [0.717, 1.165) is 32.1 Å². The van der Waals surface area contributed by atoms with Gasteiger partial charge in [-0.2, -0.15) is 0 Å². The molecule has 4 fully saturated rings. The number of hydrogen-bond acceptors (Lipinski definition) is 4. The van der Waals surface area contributed by atoms with Gasteiger partial charge in [0.1, 0.15) is 12.2 Å². The average Bonchev–Trinajstić information content (AvgIpc) is 3.27. The SMILES string of the molecule is CC(=O)O[C@H]1CC[C@H]2[C@@H]3[C@@H]4O[C@@H]4C4=CC(=O)CC[C@]4(C)[C@H]3CC[C@]12C. The molecule has 0 amide bonds. The number of esters is 1. The zero-order chi connectivity index (χ0) is 17.6. The zero-order valence-corrected chi connectivity index (χ0v) is 15.4. The van der Waals surface area contributed by atoms with Crippen LogP contribution < -0.4 is 0 Å². The van der Waals surface area contributed by atoms with E-state index in [0.29, 0.717) is 24.2 Å². The van der Waals surface area contributed by atoms with E-state index < -0.39 is 0 Å². The molecule has 5 aliphatic rings. The van der Waals surface area contributed by atoms with Crippen LogP contribution in [0.5, 0.6) is 0 Å². The van der Waals surface area contributed by atoms with Crippen LogP contribution in [-0.4, -0.2) is 30.1 Å². The molecule has 1 aliphatic heterocycles. The van der Waals surface area contributed by atoms with Crippen LogP contribution in [0, 0.1) is 28.6 Å². The first kappa shape index (κ1) is 16.0. The molecule has 3 saturated carbocycles. The maximum atomic E-state index is 12.0. The third-order valence-corrected chi connectivity index (χ3v) is 8.45. The highest BCUT2D eigenvalue weighted by molar-refractivity contribution is 5.92. The molecule has 0 N–H and O–H groups in total. The van der Waals surface area contributed by atoms with Crippen molar-refractivity contribution in [2.24, 2.45) is 28.6 Å². The van der Waals surface area contributed by atoms with Crippen molar-refractivity contribution in [3.8, 4) is 0 Å². The van der Waals surface area contributed by atoms with Gasteiger partial charge in [0.25, 0.3) is 0 Å². The number of epoxide rings is 1. The second kappa shape index (κ2) is 4.97. The highest BCUT2D eigenvalue weighted by Crippen LogP contribution is 2.69. The number of carbonyl (C=O) groups excluding carboxylic acids is 2. The largest absolute Gasteiger partial charge is 0.462 e. The molecule has 0 bridgehead atoms. The van der Waals surface area contributed by atoms with Crippen molar-refractivity contribution in [2.45, 2.75) is 77.6 Å². The zero-order valence-electron chi connectivity index (χ0n) is 15.4. The lowest BCUT2D eigenvalue weighted by molar-refractivity contribution is -0.157. The summed E-state index contributed by atoms with van der Waals surface area (Å²) in [6.07, 6.45) is 8.48. The van der Waals surface area contributed by atoms with Crippen LogP contribution in [0.2, 0.25) is 0 Å². The van der Waals surface area contributed by atoms with E-state index in [1.165, 1.54) is 12.5 Å². The van der Waals surface area contributed by atoms with Crippen molar-refractivity contribution in [3.63, 3.8) is 0 Å². The third-order valence-electron chi connectivity index (χ3n) is 8.45. The van der Waals surface area contributed by atoms with E-state index >= 15 is 0 Å². The summed E-state index contributed by atoms with van der Waals surface area (Å²) in [6, 6.07) is 0. The van der Waals surface area contributed by atoms with Gasteiger partial charge in [0.15, 0.2) is 5.78 Å². The van der Waals surface area contributed by atoms with Crippen molar-refractivity contribution < 1.29 is 19.1 Å². The number of rotatable bonds is 1. The normalized spacial score (nSPS) is 53.1. The van der Waals surface area contributed by atoms with E-state index in [1.54, 1.807) is 0 Å². The summed E-state index contributed by atoms with van der Waals surface area (Å²) in [6.45, 7) is 6.24. The van der Waals surface area contributed by atoms with Crippen LogP contribution in [-0.2, 0) is 19.1 Å². The maximum Gasteiger partial charge on any atom is 0.302 e. The van der Waals surface area contributed by atoms with Crippen molar-refractivity contribution in [1.29, 1.82) is 0 Å². The van der Waals surface area contributed by atoms with Crippen molar-refractivity contribution in [2.75, 3.05) is 0 Å². The molecular weight excluding hydrogens is 316 g/mol. The van der Waals surface area contributed by atoms with E-state index in [1.807, 2.05) is 6.08 Å². The predicted molar refractivity (Wildman–Crippen MR) is 91.7 cm³/mol. The topological polar surface area (TPSA) is 55.9 Å². The number of ketones is 1. The Morgan fingerprint density at radius 1 is 1.20 bits per heavy atom. The minimum Gasteiger partial charge on any atom is -0.462 e. The Morgan fingerprint density at radius 2 is 2.00 bits per heavy atom. The van der Waals surface area contributed by atoms with Gasteiger partial charge in [0.2, 0.25) is 0 Å². The first-order valence-electron chi connectivity index (χ1n) is 9.92. The Balaban J connectivity index is 1.50. The first-order chi connectivity index (χ1) is 11.8. The molecule has 136 valence electrons. The lowest BCUT2D eigenvalue weighted by atomic mass is 9.47. The van der Waals surface area contributed by atoms with Crippen LogP contribution in [0.1, 0.15) is 59.3 Å². The standard InChI is InChI=1S/C21H28O4/c1-11(22)24-16-5-4-13-17-14(7-9-21(13,16)3)20(2)8-6-12(23)10-15(20)18-19(17)25-18/h10,13-14,16-19H,4-9H2,1-3H3/t13-,14-,16-,17-,18+,19-,20+,21-/m0/s1. The second-order valence-corrected chi connectivity index (χ2v) is 9.52. The summed E-state index contributed by atoms with van der Waals surface area (Å²) in [7, 11) is 0. The quantitative estimate of drug-likeness (QED) is 0.540. The van der Waals surface area contributed by atoms with Gasteiger partial charge in [0, 0.05) is 18.8 Å². The molecule has 8 atom stereocenters. The van der Waals surface area contributed by atoms with Gasteiger partial charge >= 0.3 is 5.97 Å². The van der Waals surface area contributed by atoms with E-state index in [2.05, 4.69) is 13.8 Å². The number of fused-ring (bicyclic) bond motifs is 8. The molecule has 4 heteroatoms. The molecule has 1 heterocycles. The van der Waals surface area contributed by atoms with Crippen molar-refractivity contribution in [3.05, 3.63) is 11.6 Å². The third kappa shape index (κ3) is 2.03. The fraction of sp³-hybridized carbons (Fsp3) is 0.810. The summed E-state index contributed by atoms with van der Waals surface area (Å²) in [5.74, 6) is 1.85. The highest BCUT2D eigenvalue weighted by atomic mass is 16.6. The fourth-order valence-corrected chi connectivity index (χ4v) is 7.15. The van der Waals surface area contributed by atoms with Crippen molar-refractivity contribution in [1.82, 2.24) is 0 Å². The summed E-state index contributed by atoms with van der Waals surface area (Å²) in [5.41, 5.74) is 1.50. The second-order valence-electron chi connectivity index (χ2n) is 9.52. The van der Waals surface area contributed by atoms with Crippen LogP contribution in [0.15, 0.2) is 11.6 Å². The monoisotopic (exact) mass is 344 g/mol. The molecule has 4 aliphatic carbocycles. The molecule has 0 aromatic rings. The van der Waals surface area contributed by atoms with Crippen LogP contribution in [0.4, 0.5) is 0 Å². The van der Waals surface area contributed by atoms with Gasteiger partial charge in [-0.25, -0.2) is 0 Å². The number of hydrogen-bond donors (Lipinski definition) is 0. The lowest BCUT2D eigenvalue weighted by Crippen LogP contribution is -2.54. The van der Waals surface area contributed by atoms with Crippen molar-refractivity contribution >= 4 is 11.8 Å². The Kier molecular flexibility index (Phi) is 3.19. The molecule has 5 rings (SSSR count). The average molecular weight is 344 g/mol. The Labute approximate surface area is 149 Å². The summed E-state index contributed by atoms with van der Waals surface area (Å²) >= 11 is 0. The molecule has 0 unspecified atom stereocenters. The highest BCUT2D eigenvalue weighted by Gasteiger charge is 2.69. The van der Waals surface area contributed by atoms with Crippen LogP contribution >= 0.6 is 0 Å². The molecule has 0 spiro atoms. The Bertz CT molecular complexity index is 681. The maximum absolute atomic E-state index is 12.0. The van der Waals surface area contributed by atoms with Gasteiger partial charge in [-0.3, -0.25) is 9.59 Å². The van der Waals surface area contributed by atoms with E-state index in [9.17, 15) is 9.59 Å². The van der Waals surface area contributed by atoms with E-state index in [4.69, 9.17) is 9.47 Å². The first-order valence-corrected chi connectivity index (χ1v) is 9.92. The van der Waals surface area contributed by atoms with Crippen LogP contribution in [0.3, 0.4) is 0 Å². The summed E-state index contributed by atoms with van der Waals surface area (Å²) in [5, 5.41) is 0. The molecule has 4 nitrogen and oxygen atoms in total. The minimum atomic E-state index is -0.152. The summed E-state index contributed by atoms with van der Waals surface area (Å²) in [4.78, 5) is 23.5. The van der Waals surface area contributed by atoms with Gasteiger partial charge in [-0.1, -0.05) is 13.8 Å². The molecule has 1 saturated heterocycles. The van der Waals surface area contributed by atoms with Gasteiger partial charge in [0.05, 0.1) is 6.10 Å². The van der Waals surface area contributed by atoms with E-state index in [-0.39, 0.29) is 40.9 Å². The molecular formula is C21H28O4. The van der Waals surface area contributed by atoms with Crippen LogP contribution in [0.25, 0.3) is 0 Å². The summed E-state index contributed by atoms with van der Waals surface area (Å²) < 4.78 is 11.9. The number of ether oxygens (including phenoxy) is 2. The Hall–Kier alpha value is -1.16. The number of carbonyl (C=O) groups is 2. The lowest BCUT2D eigenvalue weighted by Gasteiger charge is -2.56. The minimum absolute atomic E-state index is 0.0610. The molecule has 0 radical (unpaired) electrons.